The maximum absolute atomic E-state index is 12.3. The molecule has 2 aliphatic rings. The minimum atomic E-state index is -0.197. The summed E-state index contributed by atoms with van der Waals surface area (Å²) in [5.74, 6) is 0.813. The summed E-state index contributed by atoms with van der Waals surface area (Å²) in [6.45, 7) is 3.06. The zero-order valence-corrected chi connectivity index (χ0v) is 17.1. The maximum Gasteiger partial charge on any atom is 0.339 e. The molecule has 1 aliphatic carbocycles. The van der Waals surface area contributed by atoms with Crippen molar-refractivity contribution >= 4 is 44.2 Å². The van der Waals surface area contributed by atoms with Crippen LogP contribution in [0.15, 0.2) is 37.9 Å². The van der Waals surface area contributed by atoms with Gasteiger partial charge in [0.1, 0.15) is 11.3 Å². The van der Waals surface area contributed by atoms with E-state index in [2.05, 4.69) is 26.9 Å². The number of halogens is 2. The monoisotopic (exact) mass is 445 g/mol. The van der Waals surface area contributed by atoms with Crippen LogP contribution in [0, 0.1) is 6.92 Å². The van der Waals surface area contributed by atoms with Gasteiger partial charge in [-0.25, -0.2) is 4.79 Å². The van der Waals surface area contributed by atoms with Crippen LogP contribution in [0.5, 0.6) is 5.75 Å². The Morgan fingerprint density at radius 1 is 1.19 bits per heavy atom. The Hall–Kier alpha value is -1.98. The lowest BCUT2D eigenvalue weighted by atomic mass is 9.99. The van der Waals surface area contributed by atoms with E-state index in [1.54, 1.807) is 0 Å². The van der Waals surface area contributed by atoms with Gasteiger partial charge in [-0.1, -0.05) is 27.5 Å². The molecule has 4 nitrogen and oxygen atoms in total. The lowest BCUT2D eigenvalue weighted by Gasteiger charge is -2.32. The van der Waals surface area contributed by atoms with Crippen LogP contribution in [-0.2, 0) is 19.4 Å². The van der Waals surface area contributed by atoms with Crippen LogP contribution in [0.1, 0.15) is 28.7 Å². The minimum Gasteiger partial charge on any atom is -0.472 e. The number of fused-ring (bicyclic) bond motifs is 4. The zero-order chi connectivity index (χ0) is 18.7. The first-order chi connectivity index (χ1) is 13.0. The molecule has 2 aromatic carbocycles. The molecule has 0 saturated heterocycles. The molecule has 27 heavy (non-hydrogen) atoms. The number of hydrogen-bond donors (Lipinski definition) is 0. The summed E-state index contributed by atoms with van der Waals surface area (Å²) in [6, 6.07) is 7.98. The van der Waals surface area contributed by atoms with Crippen molar-refractivity contribution in [3.05, 3.63) is 66.4 Å². The Morgan fingerprint density at radius 3 is 2.81 bits per heavy atom. The van der Waals surface area contributed by atoms with Crippen molar-refractivity contribution in [3.63, 3.8) is 0 Å². The molecule has 0 spiro atoms. The molecule has 5 rings (SSSR count). The largest absolute Gasteiger partial charge is 0.472 e. The number of nitrogens with zero attached hydrogens (tertiary/aromatic N) is 1. The highest BCUT2D eigenvalue weighted by Crippen LogP contribution is 2.40. The molecule has 3 aromatic rings. The quantitative estimate of drug-likeness (QED) is 0.472. The predicted octanol–water partition coefficient (Wildman–Crippen LogP) is 5.36. The first-order valence-corrected chi connectivity index (χ1v) is 10.1. The number of rotatable bonds is 1. The molecule has 1 aliphatic heterocycles. The second kappa shape index (κ2) is 6.28. The molecule has 6 heteroatoms. The topological polar surface area (TPSA) is 42.7 Å². The summed E-state index contributed by atoms with van der Waals surface area (Å²) in [5.41, 5.74) is 5.38. The van der Waals surface area contributed by atoms with Crippen LogP contribution in [0.4, 0.5) is 5.69 Å². The van der Waals surface area contributed by atoms with Crippen molar-refractivity contribution in [2.75, 3.05) is 11.6 Å². The zero-order valence-electron chi connectivity index (χ0n) is 14.8. The maximum atomic E-state index is 12.3. The fraction of sp³-hybridized carbons (Fsp3) is 0.286. The molecule has 0 N–H and O–H groups in total. The van der Waals surface area contributed by atoms with Crippen LogP contribution in [0.2, 0.25) is 5.02 Å². The highest BCUT2D eigenvalue weighted by Gasteiger charge is 2.27. The van der Waals surface area contributed by atoms with Crippen LogP contribution >= 0.6 is 27.5 Å². The number of aryl methyl sites for hydroxylation is 2. The Kier molecular flexibility index (Phi) is 3.99. The Labute approximate surface area is 169 Å². The van der Waals surface area contributed by atoms with E-state index in [0.717, 1.165) is 62.8 Å². The summed E-state index contributed by atoms with van der Waals surface area (Å²) in [4.78, 5) is 14.4. The van der Waals surface area contributed by atoms with E-state index in [9.17, 15) is 4.79 Å². The van der Waals surface area contributed by atoms with Crippen LogP contribution in [0.3, 0.4) is 0 Å². The highest BCUT2D eigenvalue weighted by molar-refractivity contribution is 9.10. The number of ether oxygens (including phenoxy) is 1. The summed E-state index contributed by atoms with van der Waals surface area (Å²) >= 11 is 9.88. The Balaban J connectivity index is 1.64. The van der Waals surface area contributed by atoms with Crippen LogP contribution < -0.4 is 15.3 Å². The smallest absolute Gasteiger partial charge is 0.339 e. The average Bonchev–Trinajstić information content (AvgIpc) is 3.13. The Bertz CT molecular complexity index is 1150. The molecular formula is C21H17BrClNO3. The molecule has 0 fully saturated rings. The van der Waals surface area contributed by atoms with Gasteiger partial charge in [-0.3, -0.25) is 0 Å². The summed E-state index contributed by atoms with van der Waals surface area (Å²) in [7, 11) is 0. The fourth-order valence-electron chi connectivity index (χ4n) is 4.23. The summed E-state index contributed by atoms with van der Waals surface area (Å²) < 4.78 is 12.7. The molecule has 1 aromatic heterocycles. The van der Waals surface area contributed by atoms with Gasteiger partial charge in [0.15, 0.2) is 6.73 Å². The molecule has 0 radical (unpaired) electrons. The van der Waals surface area contributed by atoms with E-state index >= 15 is 0 Å². The lowest BCUT2D eigenvalue weighted by Crippen LogP contribution is -2.32. The predicted molar refractivity (Wildman–Crippen MR) is 110 cm³/mol. The summed E-state index contributed by atoms with van der Waals surface area (Å²) in [6.07, 6.45) is 2.74. The number of hydrogen-bond acceptors (Lipinski definition) is 4. The number of benzene rings is 2. The van der Waals surface area contributed by atoms with Gasteiger partial charge in [-0.05, 0) is 56.0 Å². The Morgan fingerprint density at radius 2 is 2.00 bits per heavy atom. The lowest BCUT2D eigenvalue weighted by molar-refractivity contribution is 0.287. The SMILES string of the molecule is Cc1c2c(cc3c4c(c(=O)oc13)CCC4)CN(c1ccc(Br)cc1Cl)CO2. The van der Waals surface area contributed by atoms with Gasteiger partial charge in [-0.15, -0.1) is 0 Å². The van der Waals surface area contributed by atoms with Crippen molar-refractivity contribution in [3.8, 4) is 5.75 Å². The van der Waals surface area contributed by atoms with Crippen molar-refractivity contribution in [1.29, 1.82) is 0 Å². The van der Waals surface area contributed by atoms with E-state index in [0.29, 0.717) is 23.9 Å². The van der Waals surface area contributed by atoms with Crippen molar-refractivity contribution in [2.45, 2.75) is 32.7 Å². The molecule has 138 valence electrons. The third-order valence-corrected chi connectivity index (χ3v) is 6.29. The van der Waals surface area contributed by atoms with Gasteiger partial charge in [0.25, 0.3) is 0 Å². The number of anilines is 1. The van der Waals surface area contributed by atoms with Gasteiger partial charge in [-0.2, -0.15) is 0 Å². The molecule has 0 atom stereocenters. The molecule has 0 amide bonds. The third-order valence-electron chi connectivity index (χ3n) is 5.50. The normalized spacial score (nSPS) is 15.6. The second-order valence-electron chi connectivity index (χ2n) is 7.13. The average molecular weight is 447 g/mol. The minimum absolute atomic E-state index is 0.197. The van der Waals surface area contributed by atoms with Crippen LogP contribution in [-0.4, -0.2) is 6.73 Å². The van der Waals surface area contributed by atoms with Gasteiger partial charge in [0.2, 0.25) is 0 Å². The third kappa shape index (κ3) is 2.67. The second-order valence-corrected chi connectivity index (χ2v) is 8.46. The standard InChI is InChI=1S/C21H17BrClNO3/c1-11-19-12(7-16-14-3-2-4-15(14)21(25)27-20(11)16)9-24(10-26-19)18-6-5-13(22)8-17(18)23/h5-8H,2-4,9-10H2,1H3. The molecule has 0 unspecified atom stereocenters. The van der Waals surface area contributed by atoms with Gasteiger partial charge >= 0.3 is 5.63 Å². The molecule has 0 saturated carbocycles. The molecule has 0 bridgehead atoms. The van der Waals surface area contributed by atoms with Crippen LogP contribution in [0.25, 0.3) is 11.0 Å². The fourth-order valence-corrected chi connectivity index (χ4v) is 5.02. The van der Waals surface area contributed by atoms with Crippen molar-refractivity contribution < 1.29 is 9.15 Å². The van der Waals surface area contributed by atoms with E-state index < -0.39 is 0 Å². The van der Waals surface area contributed by atoms with Crippen molar-refractivity contribution in [1.82, 2.24) is 0 Å². The molecular weight excluding hydrogens is 430 g/mol. The summed E-state index contributed by atoms with van der Waals surface area (Å²) in [5, 5.41) is 1.73. The van der Waals surface area contributed by atoms with Gasteiger partial charge in [0.05, 0.1) is 10.7 Å². The van der Waals surface area contributed by atoms with E-state index in [1.807, 2.05) is 25.1 Å². The van der Waals surface area contributed by atoms with Gasteiger partial charge < -0.3 is 14.1 Å². The van der Waals surface area contributed by atoms with E-state index in [4.69, 9.17) is 20.8 Å². The first kappa shape index (κ1) is 17.1. The first-order valence-electron chi connectivity index (χ1n) is 8.97. The van der Waals surface area contributed by atoms with E-state index in [1.165, 1.54) is 0 Å². The van der Waals surface area contributed by atoms with Gasteiger partial charge in [0, 0.05) is 33.1 Å². The molecule has 2 heterocycles. The van der Waals surface area contributed by atoms with Crippen molar-refractivity contribution in [2.24, 2.45) is 0 Å². The van der Waals surface area contributed by atoms with E-state index in [-0.39, 0.29) is 5.63 Å². The highest BCUT2D eigenvalue weighted by atomic mass is 79.9.